The summed E-state index contributed by atoms with van der Waals surface area (Å²) in [5, 5.41) is 0.170. The Hall–Kier alpha value is -1.85. The first-order valence-electron chi connectivity index (χ1n) is 9.47. The van der Waals surface area contributed by atoms with Gasteiger partial charge in [-0.25, -0.2) is 4.39 Å². The molecule has 1 fully saturated rings. The first-order valence-corrected chi connectivity index (χ1v) is 9.85. The van der Waals surface area contributed by atoms with Crippen molar-refractivity contribution in [3.05, 3.63) is 58.3 Å². The quantitative estimate of drug-likeness (QED) is 0.738. The predicted octanol–water partition coefficient (Wildman–Crippen LogP) is 4.72. The van der Waals surface area contributed by atoms with Gasteiger partial charge in [-0.1, -0.05) is 24.6 Å². The van der Waals surface area contributed by atoms with Crippen molar-refractivity contribution < 1.29 is 13.6 Å². The van der Waals surface area contributed by atoms with Crippen LogP contribution >= 0.6 is 11.6 Å². The van der Waals surface area contributed by atoms with Gasteiger partial charge in [0, 0.05) is 25.6 Å². The third kappa shape index (κ3) is 4.90. The van der Waals surface area contributed by atoms with Crippen LogP contribution in [0, 0.1) is 12.7 Å². The van der Waals surface area contributed by atoms with Gasteiger partial charge in [0.25, 0.3) is 5.91 Å². The normalized spacial score (nSPS) is 17.0. The zero-order valence-corrected chi connectivity index (χ0v) is 16.6. The molecule has 0 bridgehead atoms. The van der Waals surface area contributed by atoms with E-state index < -0.39 is 5.82 Å². The maximum atomic E-state index is 14.1. The van der Waals surface area contributed by atoms with E-state index in [0.717, 1.165) is 44.0 Å². The molecule has 1 aliphatic heterocycles. The molecule has 6 heteroatoms. The number of halogens is 2. The predicted molar refractivity (Wildman–Crippen MR) is 105 cm³/mol. The number of amides is 1. The standard InChI is InChI=1S/C21H26ClFN2O2/c1-15(19-8-7-16(2)27-19)9-12-24-10-4-11-25(14-13-24)21(26)20-17(22)5-3-6-18(20)23/h3,5-8,15H,4,9-14H2,1-2H3. The molecule has 1 aromatic heterocycles. The maximum Gasteiger partial charge on any atom is 0.258 e. The van der Waals surface area contributed by atoms with Gasteiger partial charge >= 0.3 is 0 Å². The summed E-state index contributed by atoms with van der Waals surface area (Å²) in [6.45, 7) is 7.99. The second-order valence-electron chi connectivity index (χ2n) is 7.22. The molecule has 27 heavy (non-hydrogen) atoms. The van der Waals surface area contributed by atoms with Gasteiger partial charge in [-0.3, -0.25) is 4.79 Å². The van der Waals surface area contributed by atoms with Crippen LogP contribution in [0.25, 0.3) is 0 Å². The monoisotopic (exact) mass is 392 g/mol. The van der Waals surface area contributed by atoms with Gasteiger partial charge in [0.05, 0.1) is 10.6 Å². The van der Waals surface area contributed by atoms with Crippen LogP contribution in [0.2, 0.25) is 5.02 Å². The number of nitrogens with zero attached hydrogens (tertiary/aromatic N) is 2. The number of carbonyl (C=O) groups is 1. The minimum atomic E-state index is -0.559. The number of hydrogen-bond donors (Lipinski definition) is 0. The fourth-order valence-electron chi connectivity index (χ4n) is 3.49. The molecule has 1 saturated heterocycles. The van der Waals surface area contributed by atoms with Crippen LogP contribution in [0.5, 0.6) is 0 Å². The molecular weight excluding hydrogens is 367 g/mol. The number of carbonyl (C=O) groups excluding carboxylic acids is 1. The zero-order valence-electron chi connectivity index (χ0n) is 15.9. The van der Waals surface area contributed by atoms with Gasteiger partial charge in [-0.2, -0.15) is 0 Å². The number of aryl methyl sites for hydroxylation is 1. The molecule has 146 valence electrons. The third-order valence-corrected chi connectivity index (χ3v) is 5.49. The highest BCUT2D eigenvalue weighted by Gasteiger charge is 2.24. The molecule has 0 aliphatic carbocycles. The van der Waals surface area contributed by atoms with E-state index >= 15 is 0 Å². The van der Waals surface area contributed by atoms with Crippen LogP contribution in [-0.2, 0) is 0 Å². The Kier molecular flexibility index (Phi) is 6.55. The summed E-state index contributed by atoms with van der Waals surface area (Å²) < 4.78 is 19.8. The van der Waals surface area contributed by atoms with Gasteiger partial charge in [0.15, 0.2) is 0 Å². The van der Waals surface area contributed by atoms with Crippen LogP contribution in [0.15, 0.2) is 34.7 Å². The second-order valence-corrected chi connectivity index (χ2v) is 7.63. The first kappa shape index (κ1) is 19.9. The lowest BCUT2D eigenvalue weighted by Crippen LogP contribution is -2.36. The van der Waals surface area contributed by atoms with E-state index in [4.69, 9.17) is 16.0 Å². The number of hydrogen-bond acceptors (Lipinski definition) is 3. The molecule has 0 radical (unpaired) electrons. The zero-order chi connectivity index (χ0) is 19.4. The van der Waals surface area contributed by atoms with Crippen molar-refractivity contribution in [2.24, 2.45) is 0 Å². The second kappa shape index (κ2) is 8.89. The minimum absolute atomic E-state index is 0.0190. The molecule has 1 aromatic carbocycles. The van der Waals surface area contributed by atoms with Crippen molar-refractivity contribution in [2.75, 3.05) is 32.7 Å². The largest absolute Gasteiger partial charge is 0.466 e. The minimum Gasteiger partial charge on any atom is -0.466 e. The lowest BCUT2D eigenvalue weighted by Gasteiger charge is -2.23. The SMILES string of the molecule is Cc1ccc(C(C)CCN2CCCN(C(=O)c3c(F)cccc3Cl)CC2)o1. The summed E-state index contributed by atoms with van der Waals surface area (Å²) in [6.07, 6.45) is 1.87. The highest BCUT2D eigenvalue weighted by Crippen LogP contribution is 2.23. The Bertz CT molecular complexity index is 772. The molecule has 1 unspecified atom stereocenters. The van der Waals surface area contributed by atoms with Crippen molar-refractivity contribution in [3.8, 4) is 0 Å². The highest BCUT2D eigenvalue weighted by molar-refractivity contribution is 6.33. The number of furan rings is 1. The average Bonchev–Trinajstić information content (AvgIpc) is 2.93. The van der Waals surface area contributed by atoms with E-state index in [2.05, 4.69) is 11.8 Å². The summed E-state index contributed by atoms with van der Waals surface area (Å²) in [5.74, 6) is 1.44. The first-order chi connectivity index (χ1) is 13.0. The Balaban J connectivity index is 1.55. The van der Waals surface area contributed by atoms with Gasteiger partial charge < -0.3 is 14.2 Å². The molecule has 2 aromatic rings. The summed E-state index contributed by atoms with van der Waals surface area (Å²) in [7, 11) is 0. The Morgan fingerprint density at radius 2 is 2.04 bits per heavy atom. The van der Waals surface area contributed by atoms with Crippen molar-refractivity contribution in [2.45, 2.75) is 32.6 Å². The van der Waals surface area contributed by atoms with E-state index in [1.807, 2.05) is 19.1 Å². The topological polar surface area (TPSA) is 36.7 Å². The highest BCUT2D eigenvalue weighted by atomic mass is 35.5. The summed E-state index contributed by atoms with van der Waals surface area (Å²) >= 11 is 6.05. The van der Waals surface area contributed by atoms with Crippen LogP contribution in [-0.4, -0.2) is 48.4 Å². The van der Waals surface area contributed by atoms with Gasteiger partial charge in [0.1, 0.15) is 17.3 Å². The van der Waals surface area contributed by atoms with Crippen molar-refractivity contribution in [3.63, 3.8) is 0 Å². The molecule has 1 aliphatic rings. The van der Waals surface area contributed by atoms with E-state index in [0.29, 0.717) is 19.0 Å². The molecule has 3 rings (SSSR count). The van der Waals surface area contributed by atoms with Crippen LogP contribution in [0.3, 0.4) is 0 Å². The van der Waals surface area contributed by atoms with Gasteiger partial charge in [-0.15, -0.1) is 0 Å². The van der Waals surface area contributed by atoms with Crippen LogP contribution in [0.4, 0.5) is 4.39 Å². The summed E-state index contributed by atoms with van der Waals surface area (Å²) in [6, 6.07) is 8.39. The molecule has 4 nitrogen and oxygen atoms in total. The third-order valence-electron chi connectivity index (χ3n) is 5.18. The maximum absolute atomic E-state index is 14.1. The summed E-state index contributed by atoms with van der Waals surface area (Å²) in [5.41, 5.74) is -0.0190. The number of benzene rings is 1. The average molecular weight is 393 g/mol. The van der Waals surface area contributed by atoms with E-state index in [1.165, 1.54) is 12.1 Å². The van der Waals surface area contributed by atoms with E-state index in [-0.39, 0.29) is 16.5 Å². The Morgan fingerprint density at radius 1 is 1.22 bits per heavy atom. The van der Waals surface area contributed by atoms with Gasteiger partial charge in [-0.05, 0) is 57.1 Å². The smallest absolute Gasteiger partial charge is 0.258 e. The van der Waals surface area contributed by atoms with E-state index in [9.17, 15) is 9.18 Å². The van der Waals surface area contributed by atoms with Crippen molar-refractivity contribution >= 4 is 17.5 Å². The Morgan fingerprint density at radius 3 is 2.74 bits per heavy atom. The van der Waals surface area contributed by atoms with Crippen molar-refractivity contribution in [1.29, 1.82) is 0 Å². The fourth-order valence-corrected chi connectivity index (χ4v) is 3.74. The van der Waals surface area contributed by atoms with Gasteiger partial charge in [0.2, 0.25) is 0 Å². The summed E-state index contributed by atoms with van der Waals surface area (Å²) in [4.78, 5) is 16.8. The molecule has 1 amide bonds. The lowest BCUT2D eigenvalue weighted by molar-refractivity contribution is 0.0757. The fraction of sp³-hybridized carbons (Fsp3) is 0.476. The molecular formula is C21H26ClFN2O2. The Labute approximate surface area is 164 Å². The molecule has 2 heterocycles. The van der Waals surface area contributed by atoms with Crippen LogP contribution < -0.4 is 0 Å². The molecule has 1 atom stereocenters. The molecule has 0 saturated carbocycles. The van der Waals surface area contributed by atoms with Crippen LogP contribution in [0.1, 0.15) is 47.6 Å². The lowest BCUT2D eigenvalue weighted by atomic mass is 10.0. The molecule has 0 spiro atoms. The molecule has 0 N–H and O–H groups in total. The van der Waals surface area contributed by atoms with E-state index in [1.54, 1.807) is 11.0 Å². The number of rotatable bonds is 5. The van der Waals surface area contributed by atoms with Crippen molar-refractivity contribution in [1.82, 2.24) is 9.80 Å².